The van der Waals surface area contributed by atoms with Crippen LogP contribution in [-0.4, -0.2) is 41.6 Å². The molecule has 0 aromatic heterocycles. The van der Waals surface area contributed by atoms with E-state index in [4.69, 9.17) is 4.74 Å². The molecule has 5 heteroatoms. The standard InChI is InChI=1S/C11H17N3O2/c1-11(2,3)16-10(15)14-5-4-9-8(7-14)6-12-13-9/h6,8H,4-5,7H2,1-3H3. The van der Waals surface area contributed by atoms with Crippen LogP contribution in [0.3, 0.4) is 0 Å². The molecule has 5 nitrogen and oxygen atoms in total. The van der Waals surface area contributed by atoms with Gasteiger partial charge in [0.15, 0.2) is 0 Å². The molecule has 2 aliphatic rings. The van der Waals surface area contributed by atoms with Crippen molar-refractivity contribution in [2.24, 2.45) is 16.1 Å². The van der Waals surface area contributed by atoms with Gasteiger partial charge in [0.25, 0.3) is 0 Å². The smallest absolute Gasteiger partial charge is 0.410 e. The minimum absolute atomic E-state index is 0.196. The molecule has 0 aliphatic carbocycles. The Bertz CT molecular complexity index is 355. The Balaban J connectivity index is 1.94. The Morgan fingerprint density at radius 1 is 1.56 bits per heavy atom. The van der Waals surface area contributed by atoms with Gasteiger partial charge in [-0.1, -0.05) is 0 Å². The average Bonchev–Trinajstić information content (AvgIpc) is 2.61. The number of ether oxygens (including phenoxy) is 1. The number of rotatable bonds is 0. The highest BCUT2D eigenvalue weighted by Crippen LogP contribution is 2.19. The molecule has 1 saturated heterocycles. The first-order valence-corrected chi connectivity index (χ1v) is 5.53. The van der Waals surface area contributed by atoms with Crippen LogP contribution in [0.4, 0.5) is 4.79 Å². The van der Waals surface area contributed by atoms with Crippen LogP contribution in [0, 0.1) is 5.92 Å². The van der Waals surface area contributed by atoms with Crippen LogP contribution in [0.5, 0.6) is 0 Å². The number of nitrogens with zero attached hydrogens (tertiary/aromatic N) is 3. The molecule has 1 fully saturated rings. The van der Waals surface area contributed by atoms with Crippen LogP contribution in [0.15, 0.2) is 10.2 Å². The topological polar surface area (TPSA) is 54.3 Å². The molecule has 0 aromatic rings. The molecule has 16 heavy (non-hydrogen) atoms. The monoisotopic (exact) mass is 223 g/mol. The van der Waals surface area contributed by atoms with E-state index in [1.807, 2.05) is 20.8 Å². The Morgan fingerprint density at radius 3 is 3.00 bits per heavy atom. The van der Waals surface area contributed by atoms with Crippen molar-refractivity contribution in [3.63, 3.8) is 0 Å². The predicted octanol–water partition coefficient (Wildman–Crippen LogP) is 1.68. The number of carbonyl (C=O) groups excluding carboxylic acids is 1. The van der Waals surface area contributed by atoms with Crippen molar-refractivity contribution in [2.45, 2.75) is 32.8 Å². The van der Waals surface area contributed by atoms with Gasteiger partial charge in [0.2, 0.25) is 0 Å². The van der Waals surface area contributed by atoms with Crippen molar-refractivity contribution in [1.82, 2.24) is 4.90 Å². The molecule has 0 N–H and O–H groups in total. The molecule has 0 spiro atoms. The van der Waals surface area contributed by atoms with Gasteiger partial charge in [-0.2, -0.15) is 10.2 Å². The van der Waals surface area contributed by atoms with Gasteiger partial charge in [0, 0.05) is 25.7 Å². The van der Waals surface area contributed by atoms with Gasteiger partial charge in [0.1, 0.15) is 5.60 Å². The second-order valence-electron chi connectivity index (χ2n) is 5.14. The fourth-order valence-corrected chi connectivity index (χ4v) is 1.81. The summed E-state index contributed by atoms with van der Waals surface area (Å²) < 4.78 is 5.33. The van der Waals surface area contributed by atoms with Gasteiger partial charge in [-0.05, 0) is 20.8 Å². The fraction of sp³-hybridized carbons (Fsp3) is 0.727. The second kappa shape index (κ2) is 3.88. The zero-order valence-corrected chi connectivity index (χ0v) is 9.93. The summed E-state index contributed by atoms with van der Waals surface area (Å²) in [4.78, 5) is 13.6. The highest BCUT2D eigenvalue weighted by molar-refractivity contribution is 6.02. The molecule has 0 aromatic carbocycles. The minimum atomic E-state index is -0.435. The third-order valence-electron chi connectivity index (χ3n) is 2.57. The molecule has 1 unspecified atom stereocenters. The summed E-state index contributed by atoms with van der Waals surface area (Å²) in [5.41, 5.74) is 0.648. The molecular formula is C11H17N3O2. The Kier molecular flexibility index (Phi) is 2.69. The van der Waals surface area contributed by atoms with Gasteiger partial charge in [-0.15, -0.1) is 0 Å². The summed E-state index contributed by atoms with van der Waals surface area (Å²) in [6.07, 6.45) is 2.35. The highest BCUT2D eigenvalue weighted by atomic mass is 16.6. The molecule has 1 amide bonds. The number of likely N-dealkylation sites (tertiary alicyclic amines) is 1. The highest BCUT2D eigenvalue weighted by Gasteiger charge is 2.31. The zero-order valence-electron chi connectivity index (χ0n) is 9.93. The number of piperidine rings is 1. The summed E-state index contributed by atoms with van der Waals surface area (Å²) in [5, 5.41) is 7.91. The lowest BCUT2D eigenvalue weighted by Gasteiger charge is -2.32. The molecule has 2 aliphatic heterocycles. The van der Waals surface area contributed by atoms with Gasteiger partial charge >= 0.3 is 6.09 Å². The second-order valence-corrected chi connectivity index (χ2v) is 5.14. The lowest BCUT2D eigenvalue weighted by atomic mass is 9.98. The van der Waals surface area contributed by atoms with Crippen LogP contribution in [0.25, 0.3) is 0 Å². The largest absolute Gasteiger partial charge is 0.444 e. The van der Waals surface area contributed by atoms with Gasteiger partial charge in [-0.25, -0.2) is 4.79 Å². The normalized spacial score (nSPS) is 24.1. The zero-order chi connectivity index (χ0) is 11.8. The molecule has 2 rings (SSSR count). The maximum absolute atomic E-state index is 11.8. The van der Waals surface area contributed by atoms with Gasteiger partial charge in [-0.3, -0.25) is 0 Å². The van der Waals surface area contributed by atoms with E-state index in [9.17, 15) is 4.79 Å². The molecule has 1 atom stereocenters. The van der Waals surface area contributed by atoms with E-state index in [1.54, 1.807) is 11.1 Å². The molecule has 0 bridgehead atoms. The van der Waals surface area contributed by atoms with Crippen LogP contribution < -0.4 is 0 Å². The molecule has 0 radical (unpaired) electrons. The van der Waals surface area contributed by atoms with Crippen LogP contribution in [0.2, 0.25) is 0 Å². The van der Waals surface area contributed by atoms with Crippen molar-refractivity contribution < 1.29 is 9.53 Å². The Morgan fingerprint density at radius 2 is 2.31 bits per heavy atom. The molecule has 88 valence electrons. The van der Waals surface area contributed by atoms with E-state index in [1.165, 1.54) is 0 Å². The average molecular weight is 223 g/mol. The maximum atomic E-state index is 11.8. The van der Waals surface area contributed by atoms with Crippen molar-refractivity contribution in [3.8, 4) is 0 Å². The third kappa shape index (κ3) is 2.40. The predicted molar refractivity (Wildman–Crippen MR) is 61.8 cm³/mol. The first-order chi connectivity index (χ1) is 7.46. The SMILES string of the molecule is CC(C)(C)OC(=O)N1CCC2=NN=CC2C1. The lowest BCUT2D eigenvalue weighted by molar-refractivity contribution is 0.0239. The van der Waals surface area contributed by atoms with Crippen molar-refractivity contribution >= 4 is 18.0 Å². The first-order valence-electron chi connectivity index (χ1n) is 5.53. The third-order valence-corrected chi connectivity index (χ3v) is 2.57. The maximum Gasteiger partial charge on any atom is 0.410 e. The quantitative estimate of drug-likeness (QED) is 0.627. The number of hydrogen-bond donors (Lipinski definition) is 0. The Hall–Kier alpha value is -1.39. The summed E-state index contributed by atoms with van der Waals surface area (Å²) >= 11 is 0. The summed E-state index contributed by atoms with van der Waals surface area (Å²) in [5.74, 6) is 0.196. The number of hydrogen-bond acceptors (Lipinski definition) is 4. The lowest BCUT2D eigenvalue weighted by Crippen LogP contribution is -2.45. The molecule has 0 saturated carbocycles. The number of fused-ring (bicyclic) bond motifs is 1. The molecule has 2 heterocycles. The fourth-order valence-electron chi connectivity index (χ4n) is 1.81. The van der Waals surface area contributed by atoms with E-state index in [2.05, 4.69) is 10.2 Å². The minimum Gasteiger partial charge on any atom is -0.444 e. The van der Waals surface area contributed by atoms with E-state index < -0.39 is 5.60 Å². The van der Waals surface area contributed by atoms with Gasteiger partial charge < -0.3 is 9.64 Å². The summed E-state index contributed by atoms with van der Waals surface area (Å²) in [7, 11) is 0. The van der Waals surface area contributed by atoms with E-state index >= 15 is 0 Å². The van der Waals surface area contributed by atoms with Gasteiger partial charge in [0.05, 0.1) is 11.6 Å². The van der Waals surface area contributed by atoms with E-state index in [-0.39, 0.29) is 12.0 Å². The number of carbonyl (C=O) groups is 1. The Labute approximate surface area is 95.2 Å². The van der Waals surface area contributed by atoms with Crippen LogP contribution >= 0.6 is 0 Å². The van der Waals surface area contributed by atoms with Crippen LogP contribution in [0.1, 0.15) is 27.2 Å². The van der Waals surface area contributed by atoms with E-state index in [0.717, 1.165) is 12.1 Å². The first kappa shape index (κ1) is 11.1. The summed E-state index contributed by atoms with van der Waals surface area (Å²) in [6.45, 7) is 6.93. The molecular weight excluding hydrogens is 206 g/mol. The van der Waals surface area contributed by atoms with Crippen LogP contribution in [-0.2, 0) is 4.74 Å². The van der Waals surface area contributed by atoms with Crippen molar-refractivity contribution in [2.75, 3.05) is 13.1 Å². The summed E-state index contributed by atoms with van der Waals surface area (Å²) in [6, 6.07) is 0. The van der Waals surface area contributed by atoms with E-state index in [0.29, 0.717) is 13.1 Å². The van der Waals surface area contributed by atoms with Crippen molar-refractivity contribution in [3.05, 3.63) is 0 Å². The number of amides is 1. The van der Waals surface area contributed by atoms with Crippen molar-refractivity contribution in [1.29, 1.82) is 0 Å².